The Labute approximate surface area is 81.4 Å². The highest BCUT2D eigenvalue weighted by Crippen LogP contribution is 2.20. The van der Waals surface area contributed by atoms with Crippen molar-refractivity contribution < 1.29 is 9.90 Å². The van der Waals surface area contributed by atoms with E-state index in [0.29, 0.717) is 11.1 Å². The van der Waals surface area contributed by atoms with Crippen molar-refractivity contribution in [2.75, 3.05) is 0 Å². The minimum absolute atomic E-state index is 0.351. The van der Waals surface area contributed by atoms with Gasteiger partial charge < -0.3 is 10.1 Å². The predicted molar refractivity (Wildman–Crippen MR) is 54.6 cm³/mol. The number of fused-ring (bicyclic) bond motifs is 1. The Morgan fingerprint density at radius 1 is 1.50 bits per heavy atom. The summed E-state index contributed by atoms with van der Waals surface area (Å²) in [6, 6.07) is 5.63. The Morgan fingerprint density at radius 3 is 2.93 bits per heavy atom. The molecule has 1 heterocycles. The molecule has 0 unspecified atom stereocenters. The molecule has 0 aliphatic carbocycles. The molecule has 2 rings (SSSR count). The first-order chi connectivity index (χ1) is 6.72. The van der Waals surface area contributed by atoms with E-state index in [4.69, 9.17) is 5.11 Å². The van der Waals surface area contributed by atoms with E-state index in [0.717, 1.165) is 17.4 Å². The van der Waals surface area contributed by atoms with Gasteiger partial charge in [-0.15, -0.1) is 0 Å². The van der Waals surface area contributed by atoms with Crippen LogP contribution in [-0.4, -0.2) is 16.1 Å². The number of aromatic amines is 1. The Balaban J connectivity index is 2.76. The van der Waals surface area contributed by atoms with Crippen molar-refractivity contribution in [3.8, 4) is 0 Å². The van der Waals surface area contributed by atoms with E-state index >= 15 is 0 Å². The van der Waals surface area contributed by atoms with Gasteiger partial charge in [-0.2, -0.15) is 0 Å². The molecule has 0 saturated carbocycles. The zero-order chi connectivity index (χ0) is 10.1. The van der Waals surface area contributed by atoms with Crippen molar-refractivity contribution in [2.45, 2.75) is 13.3 Å². The van der Waals surface area contributed by atoms with Gasteiger partial charge in [-0.25, -0.2) is 4.79 Å². The number of rotatable bonds is 2. The summed E-state index contributed by atoms with van der Waals surface area (Å²) in [7, 11) is 0. The van der Waals surface area contributed by atoms with Gasteiger partial charge in [-0.1, -0.05) is 6.92 Å². The first-order valence-corrected chi connectivity index (χ1v) is 4.55. The number of carboxylic acid groups (broad SMARTS) is 1. The molecular formula is C11H11NO2. The monoisotopic (exact) mass is 189 g/mol. The second-order valence-electron chi connectivity index (χ2n) is 3.24. The van der Waals surface area contributed by atoms with Crippen molar-refractivity contribution in [3.05, 3.63) is 35.5 Å². The molecule has 0 saturated heterocycles. The minimum atomic E-state index is -0.882. The molecule has 1 aromatic carbocycles. The summed E-state index contributed by atoms with van der Waals surface area (Å²) < 4.78 is 0. The summed E-state index contributed by atoms with van der Waals surface area (Å²) in [5.74, 6) is -0.882. The lowest BCUT2D eigenvalue weighted by molar-refractivity contribution is 0.0698. The average Bonchev–Trinajstić information content (AvgIpc) is 2.63. The third-order valence-electron chi connectivity index (χ3n) is 2.36. The molecule has 0 radical (unpaired) electrons. The van der Waals surface area contributed by atoms with Crippen LogP contribution in [0.5, 0.6) is 0 Å². The minimum Gasteiger partial charge on any atom is -0.478 e. The Kier molecular flexibility index (Phi) is 2.00. The Morgan fingerprint density at radius 2 is 2.29 bits per heavy atom. The van der Waals surface area contributed by atoms with E-state index in [-0.39, 0.29) is 0 Å². The van der Waals surface area contributed by atoms with Crippen LogP contribution in [0, 0.1) is 0 Å². The highest BCUT2D eigenvalue weighted by atomic mass is 16.4. The van der Waals surface area contributed by atoms with Gasteiger partial charge >= 0.3 is 5.97 Å². The second kappa shape index (κ2) is 3.18. The average molecular weight is 189 g/mol. The van der Waals surface area contributed by atoms with Crippen molar-refractivity contribution >= 4 is 16.9 Å². The number of aryl methyl sites for hydroxylation is 1. The molecule has 0 aliphatic heterocycles. The van der Waals surface area contributed by atoms with E-state index in [2.05, 4.69) is 4.98 Å². The van der Waals surface area contributed by atoms with Crippen LogP contribution >= 0.6 is 0 Å². The number of hydrogen-bond acceptors (Lipinski definition) is 1. The molecule has 1 aromatic heterocycles. The smallest absolute Gasteiger partial charge is 0.337 e. The molecule has 0 bridgehead atoms. The number of carbonyl (C=O) groups is 1. The molecule has 72 valence electrons. The summed E-state index contributed by atoms with van der Waals surface area (Å²) in [5, 5.41) is 9.96. The van der Waals surface area contributed by atoms with Gasteiger partial charge in [0.15, 0.2) is 0 Å². The molecule has 2 N–H and O–H groups in total. The number of aromatic carboxylic acids is 1. The molecule has 3 nitrogen and oxygen atoms in total. The molecule has 3 heteroatoms. The lowest BCUT2D eigenvalue weighted by atomic mass is 10.1. The lowest BCUT2D eigenvalue weighted by Crippen LogP contribution is -1.98. The molecule has 0 amide bonds. The number of benzene rings is 1. The third kappa shape index (κ3) is 1.27. The van der Waals surface area contributed by atoms with E-state index < -0.39 is 5.97 Å². The molecule has 0 aliphatic rings. The van der Waals surface area contributed by atoms with Gasteiger partial charge in [0.05, 0.1) is 11.1 Å². The topological polar surface area (TPSA) is 53.1 Å². The second-order valence-corrected chi connectivity index (χ2v) is 3.24. The summed E-state index contributed by atoms with van der Waals surface area (Å²) >= 11 is 0. The van der Waals surface area contributed by atoms with Crippen molar-refractivity contribution in [1.82, 2.24) is 4.98 Å². The summed E-state index contributed by atoms with van der Waals surface area (Å²) in [4.78, 5) is 13.9. The Bertz CT molecular complexity index is 485. The largest absolute Gasteiger partial charge is 0.478 e. The highest BCUT2D eigenvalue weighted by Gasteiger charge is 2.10. The van der Waals surface area contributed by atoms with E-state index in [9.17, 15) is 4.79 Å². The molecule has 0 spiro atoms. The van der Waals surface area contributed by atoms with Crippen LogP contribution in [0.15, 0.2) is 24.4 Å². The predicted octanol–water partition coefficient (Wildman–Crippen LogP) is 2.43. The standard InChI is InChI=1S/C11H11NO2/c1-2-7-5-8-3-4-12-10(8)9(6-7)11(13)14/h3-6,12H,2H2,1H3,(H,13,14). The normalized spacial score (nSPS) is 10.6. The fourth-order valence-corrected chi connectivity index (χ4v) is 1.61. The third-order valence-corrected chi connectivity index (χ3v) is 2.36. The summed E-state index contributed by atoms with van der Waals surface area (Å²) in [5.41, 5.74) is 2.11. The number of carboxylic acids is 1. The van der Waals surface area contributed by atoms with E-state index in [1.807, 2.05) is 19.1 Å². The SMILES string of the molecule is CCc1cc(C(=O)O)c2[nH]ccc2c1. The zero-order valence-electron chi connectivity index (χ0n) is 7.87. The number of nitrogens with one attached hydrogen (secondary N) is 1. The number of aromatic nitrogens is 1. The number of hydrogen-bond donors (Lipinski definition) is 2. The van der Waals surface area contributed by atoms with Gasteiger partial charge in [0.1, 0.15) is 0 Å². The van der Waals surface area contributed by atoms with Gasteiger partial charge in [0.2, 0.25) is 0 Å². The van der Waals surface area contributed by atoms with E-state index in [1.165, 1.54) is 0 Å². The van der Waals surface area contributed by atoms with Crippen LogP contribution < -0.4 is 0 Å². The maximum atomic E-state index is 11.0. The van der Waals surface area contributed by atoms with Crippen LogP contribution in [0.25, 0.3) is 10.9 Å². The van der Waals surface area contributed by atoms with Crippen molar-refractivity contribution in [1.29, 1.82) is 0 Å². The van der Waals surface area contributed by atoms with Crippen LogP contribution in [0.3, 0.4) is 0 Å². The first-order valence-electron chi connectivity index (χ1n) is 4.55. The zero-order valence-corrected chi connectivity index (χ0v) is 7.87. The molecular weight excluding hydrogens is 178 g/mol. The molecule has 0 atom stereocenters. The molecule has 0 fully saturated rings. The Hall–Kier alpha value is -1.77. The lowest BCUT2D eigenvalue weighted by Gasteiger charge is -2.01. The van der Waals surface area contributed by atoms with Crippen molar-refractivity contribution in [2.24, 2.45) is 0 Å². The van der Waals surface area contributed by atoms with E-state index in [1.54, 1.807) is 12.3 Å². The van der Waals surface area contributed by atoms with Crippen LogP contribution in [0.4, 0.5) is 0 Å². The van der Waals surface area contributed by atoms with Gasteiger partial charge in [0.25, 0.3) is 0 Å². The maximum Gasteiger partial charge on any atom is 0.337 e. The first kappa shape index (κ1) is 8.81. The fraction of sp³-hybridized carbons (Fsp3) is 0.182. The quantitative estimate of drug-likeness (QED) is 0.762. The summed E-state index contributed by atoms with van der Waals surface area (Å²) in [6.45, 7) is 2.01. The highest BCUT2D eigenvalue weighted by molar-refractivity contribution is 6.02. The van der Waals surface area contributed by atoms with Gasteiger partial charge in [-0.3, -0.25) is 0 Å². The van der Waals surface area contributed by atoms with Gasteiger partial charge in [0, 0.05) is 11.6 Å². The fourth-order valence-electron chi connectivity index (χ4n) is 1.61. The molecule has 2 aromatic rings. The van der Waals surface area contributed by atoms with Crippen molar-refractivity contribution in [3.63, 3.8) is 0 Å². The molecule has 14 heavy (non-hydrogen) atoms. The van der Waals surface area contributed by atoms with Crippen LogP contribution in [-0.2, 0) is 6.42 Å². The maximum absolute atomic E-state index is 11.0. The van der Waals surface area contributed by atoms with Gasteiger partial charge in [-0.05, 0) is 30.2 Å². The van der Waals surface area contributed by atoms with Crippen LogP contribution in [0.2, 0.25) is 0 Å². The van der Waals surface area contributed by atoms with Crippen LogP contribution in [0.1, 0.15) is 22.8 Å². The summed E-state index contributed by atoms with van der Waals surface area (Å²) in [6.07, 6.45) is 2.61. The number of H-pyrrole nitrogens is 1.